The molecule has 0 spiro atoms. The lowest BCUT2D eigenvalue weighted by Crippen LogP contribution is -2.33. The second kappa shape index (κ2) is 6.38. The highest BCUT2D eigenvalue weighted by atomic mass is 79.9. The van der Waals surface area contributed by atoms with E-state index in [1.54, 1.807) is 0 Å². The van der Waals surface area contributed by atoms with Crippen LogP contribution < -0.4 is 4.90 Å². The minimum atomic E-state index is 0.580. The first-order valence-corrected chi connectivity index (χ1v) is 7.20. The second-order valence-corrected chi connectivity index (χ2v) is 5.32. The molecule has 0 N–H and O–H groups in total. The summed E-state index contributed by atoms with van der Waals surface area (Å²) >= 11 is 5.33. The molecule has 0 aliphatic carbocycles. The smallest absolute Gasteiger partial charge is 0.0564 e. The van der Waals surface area contributed by atoms with Gasteiger partial charge in [-0.3, -0.25) is 4.98 Å². The highest BCUT2D eigenvalue weighted by Gasteiger charge is 2.12. The van der Waals surface area contributed by atoms with Gasteiger partial charge in [-0.1, -0.05) is 6.92 Å². The number of aromatic nitrogens is 1. The molecule has 1 unspecified atom stereocenters. The van der Waals surface area contributed by atoms with Crippen LogP contribution in [-0.2, 0) is 0 Å². The van der Waals surface area contributed by atoms with Crippen LogP contribution in [0.5, 0.6) is 0 Å². The molecule has 15 heavy (non-hydrogen) atoms. The van der Waals surface area contributed by atoms with Crippen molar-refractivity contribution >= 4 is 33.4 Å². The molecule has 0 aliphatic heterocycles. The van der Waals surface area contributed by atoms with Crippen molar-refractivity contribution < 1.29 is 0 Å². The standard InChI is InChI=1S/C11H17BrN2S/c1-4-10(8-15-3)14(2)11-5-9(12)6-13-7-11/h5-7,10H,4,8H2,1-3H3. The molecule has 84 valence electrons. The van der Waals surface area contributed by atoms with E-state index in [0.717, 1.165) is 16.6 Å². The third-order valence-electron chi connectivity index (χ3n) is 2.48. The molecule has 0 amide bonds. The number of anilines is 1. The summed E-state index contributed by atoms with van der Waals surface area (Å²) in [7, 11) is 2.13. The molecule has 0 fully saturated rings. The normalized spacial score (nSPS) is 12.5. The Morgan fingerprint density at radius 3 is 2.80 bits per heavy atom. The summed E-state index contributed by atoms with van der Waals surface area (Å²) in [5, 5.41) is 0. The Morgan fingerprint density at radius 1 is 1.53 bits per heavy atom. The minimum absolute atomic E-state index is 0.580. The lowest BCUT2D eigenvalue weighted by atomic mass is 10.2. The van der Waals surface area contributed by atoms with Crippen LogP contribution in [0.3, 0.4) is 0 Å². The Hall–Kier alpha value is -0.220. The summed E-state index contributed by atoms with van der Waals surface area (Å²) in [4.78, 5) is 6.49. The lowest BCUT2D eigenvalue weighted by molar-refractivity contribution is 0.672. The summed E-state index contributed by atoms with van der Waals surface area (Å²) in [6.07, 6.45) is 7.03. The maximum Gasteiger partial charge on any atom is 0.0564 e. The first-order chi connectivity index (χ1) is 7.19. The fourth-order valence-electron chi connectivity index (χ4n) is 1.50. The molecule has 1 heterocycles. The summed E-state index contributed by atoms with van der Waals surface area (Å²) in [6, 6.07) is 2.69. The Bertz CT molecular complexity index is 306. The van der Waals surface area contributed by atoms with E-state index in [1.807, 2.05) is 24.2 Å². The lowest BCUT2D eigenvalue weighted by Gasteiger charge is -2.28. The Morgan fingerprint density at radius 2 is 2.27 bits per heavy atom. The summed E-state index contributed by atoms with van der Waals surface area (Å²) in [5.74, 6) is 1.15. The number of thioether (sulfide) groups is 1. The van der Waals surface area contributed by atoms with E-state index in [1.165, 1.54) is 5.69 Å². The van der Waals surface area contributed by atoms with Crippen molar-refractivity contribution in [3.05, 3.63) is 22.9 Å². The predicted molar refractivity (Wildman–Crippen MR) is 72.8 cm³/mol. The molecule has 1 aromatic heterocycles. The van der Waals surface area contributed by atoms with Crippen molar-refractivity contribution in [2.45, 2.75) is 19.4 Å². The molecule has 1 atom stereocenters. The van der Waals surface area contributed by atoms with E-state index in [0.29, 0.717) is 6.04 Å². The molecule has 0 aliphatic rings. The number of halogens is 1. The van der Waals surface area contributed by atoms with E-state index in [4.69, 9.17) is 0 Å². The van der Waals surface area contributed by atoms with E-state index in [2.05, 4.69) is 52.1 Å². The third-order valence-corrected chi connectivity index (χ3v) is 3.63. The Kier molecular flexibility index (Phi) is 5.47. The van der Waals surface area contributed by atoms with Gasteiger partial charge in [0.25, 0.3) is 0 Å². The van der Waals surface area contributed by atoms with Crippen molar-refractivity contribution in [3.63, 3.8) is 0 Å². The zero-order valence-electron chi connectivity index (χ0n) is 9.40. The van der Waals surface area contributed by atoms with Gasteiger partial charge in [0.15, 0.2) is 0 Å². The quantitative estimate of drug-likeness (QED) is 0.826. The van der Waals surface area contributed by atoms with Gasteiger partial charge in [-0.15, -0.1) is 0 Å². The Labute approximate surface area is 105 Å². The topological polar surface area (TPSA) is 16.1 Å². The fraction of sp³-hybridized carbons (Fsp3) is 0.545. The number of nitrogens with zero attached hydrogens (tertiary/aromatic N) is 2. The van der Waals surface area contributed by atoms with Gasteiger partial charge in [0.05, 0.1) is 11.9 Å². The van der Waals surface area contributed by atoms with Gasteiger partial charge < -0.3 is 4.90 Å². The molecule has 1 rings (SSSR count). The van der Waals surface area contributed by atoms with Crippen LogP contribution in [0.15, 0.2) is 22.9 Å². The molecular formula is C11H17BrN2S. The number of pyridine rings is 1. The monoisotopic (exact) mass is 288 g/mol. The molecule has 0 radical (unpaired) electrons. The third kappa shape index (κ3) is 3.68. The van der Waals surface area contributed by atoms with Gasteiger partial charge in [-0.05, 0) is 34.7 Å². The van der Waals surface area contributed by atoms with Crippen molar-refractivity contribution in [1.29, 1.82) is 0 Å². The molecule has 0 aromatic carbocycles. The number of rotatable bonds is 5. The highest BCUT2D eigenvalue weighted by Crippen LogP contribution is 2.21. The van der Waals surface area contributed by atoms with Gasteiger partial charge >= 0.3 is 0 Å². The average Bonchev–Trinajstić information content (AvgIpc) is 2.25. The van der Waals surface area contributed by atoms with Gasteiger partial charge in [-0.25, -0.2) is 0 Å². The molecule has 1 aromatic rings. The Balaban J connectivity index is 2.77. The SMILES string of the molecule is CCC(CSC)N(C)c1cncc(Br)c1. The highest BCUT2D eigenvalue weighted by molar-refractivity contribution is 9.10. The van der Waals surface area contributed by atoms with Gasteiger partial charge in [0, 0.05) is 29.5 Å². The fourth-order valence-corrected chi connectivity index (χ4v) is 2.70. The molecular weight excluding hydrogens is 272 g/mol. The minimum Gasteiger partial charge on any atom is -0.370 e. The first-order valence-electron chi connectivity index (χ1n) is 5.01. The van der Waals surface area contributed by atoms with E-state index < -0.39 is 0 Å². The summed E-state index contributed by atoms with van der Waals surface area (Å²) < 4.78 is 1.03. The average molecular weight is 289 g/mol. The predicted octanol–water partition coefficient (Wildman–Crippen LogP) is 3.42. The maximum atomic E-state index is 4.19. The van der Waals surface area contributed by atoms with Crippen molar-refractivity contribution in [2.24, 2.45) is 0 Å². The van der Waals surface area contributed by atoms with Gasteiger partial charge in [-0.2, -0.15) is 11.8 Å². The van der Waals surface area contributed by atoms with Crippen LogP contribution in [0, 0.1) is 0 Å². The van der Waals surface area contributed by atoms with Crippen LogP contribution in [0.1, 0.15) is 13.3 Å². The molecule has 2 nitrogen and oxygen atoms in total. The van der Waals surface area contributed by atoms with Gasteiger partial charge in [0.1, 0.15) is 0 Å². The summed E-state index contributed by atoms with van der Waals surface area (Å²) in [6.45, 7) is 2.22. The van der Waals surface area contributed by atoms with Crippen molar-refractivity contribution in [3.8, 4) is 0 Å². The van der Waals surface area contributed by atoms with E-state index in [9.17, 15) is 0 Å². The van der Waals surface area contributed by atoms with Crippen LogP contribution in [0.2, 0.25) is 0 Å². The van der Waals surface area contributed by atoms with Crippen molar-refractivity contribution in [2.75, 3.05) is 24.0 Å². The largest absolute Gasteiger partial charge is 0.370 e. The van der Waals surface area contributed by atoms with E-state index >= 15 is 0 Å². The molecule has 0 bridgehead atoms. The van der Waals surface area contributed by atoms with Crippen LogP contribution in [0.4, 0.5) is 5.69 Å². The van der Waals surface area contributed by atoms with Crippen molar-refractivity contribution in [1.82, 2.24) is 4.98 Å². The first kappa shape index (κ1) is 12.8. The van der Waals surface area contributed by atoms with Crippen LogP contribution >= 0.6 is 27.7 Å². The number of hydrogen-bond donors (Lipinski definition) is 0. The zero-order valence-corrected chi connectivity index (χ0v) is 11.8. The van der Waals surface area contributed by atoms with E-state index in [-0.39, 0.29) is 0 Å². The zero-order chi connectivity index (χ0) is 11.3. The second-order valence-electron chi connectivity index (χ2n) is 3.49. The van der Waals surface area contributed by atoms with Crippen LogP contribution in [0.25, 0.3) is 0 Å². The van der Waals surface area contributed by atoms with Gasteiger partial charge in [0.2, 0.25) is 0 Å². The maximum absolute atomic E-state index is 4.19. The molecule has 0 saturated carbocycles. The number of hydrogen-bond acceptors (Lipinski definition) is 3. The molecule has 0 saturated heterocycles. The van der Waals surface area contributed by atoms with Crippen LogP contribution in [-0.4, -0.2) is 30.1 Å². The summed E-state index contributed by atoms with van der Waals surface area (Å²) in [5.41, 5.74) is 1.17. The molecule has 4 heteroatoms.